The third kappa shape index (κ3) is 4.83. The summed E-state index contributed by atoms with van der Waals surface area (Å²) in [4.78, 5) is 17.5. The van der Waals surface area contributed by atoms with Crippen molar-refractivity contribution in [1.82, 2.24) is 15.5 Å². The van der Waals surface area contributed by atoms with Gasteiger partial charge in [-0.25, -0.2) is 0 Å². The van der Waals surface area contributed by atoms with E-state index < -0.39 is 5.54 Å². The van der Waals surface area contributed by atoms with Gasteiger partial charge >= 0.3 is 0 Å². The van der Waals surface area contributed by atoms with Crippen molar-refractivity contribution < 1.29 is 18.8 Å². The predicted octanol–water partition coefficient (Wildman–Crippen LogP) is 4.81. The fraction of sp³-hybridized carbons (Fsp3) is 0.571. The van der Waals surface area contributed by atoms with Gasteiger partial charge in [0.15, 0.2) is 17.3 Å². The van der Waals surface area contributed by atoms with Crippen LogP contribution < -0.4 is 14.8 Å². The maximum Gasteiger partial charge on any atom is 0.252 e. The van der Waals surface area contributed by atoms with Crippen molar-refractivity contribution in [2.45, 2.75) is 64.8 Å². The molecule has 8 heteroatoms. The van der Waals surface area contributed by atoms with Gasteiger partial charge in [0, 0.05) is 12.5 Å². The minimum atomic E-state index is -0.622. The molecular weight excluding hydrogens is 394 g/mol. The Bertz CT molecular complexity index is 846. The maximum atomic E-state index is 13.1. The van der Waals surface area contributed by atoms with Crippen molar-refractivity contribution in [2.75, 3.05) is 13.2 Å². The van der Waals surface area contributed by atoms with Crippen LogP contribution in [0.15, 0.2) is 16.7 Å². The van der Waals surface area contributed by atoms with Crippen LogP contribution in [0, 0.1) is 6.92 Å². The average Bonchev–Trinajstić information content (AvgIpc) is 3.34. The number of ether oxygens (including phenoxy) is 2. The molecule has 0 aliphatic heterocycles. The Hall–Kier alpha value is -2.28. The van der Waals surface area contributed by atoms with Crippen molar-refractivity contribution in [3.8, 4) is 11.5 Å². The number of halogens is 1. The molecule has 0 unspecified atom stereocenters. The van der Waals surface area contributed by atoms with Gasteiger partial charge in [-0.15, -0.1) is 0 Å². The Balaban J connectivity index is 1.86. The number of aryl methyl sites for hydroxylation is 1. The van der Waals surface area contributed by atoms with E-state index in [0.29, 0.717) is 47.0 Å². The first kappa shape index (κ1) is 21.4. The molecule has 0 atom stereocenters. The molecule has 29 heavy (non-hydrogen) atoms. The molecule has 1 amide bonds. The lowest BCUT2D eigenvalue weighted by atomic mass is 9.95. The van der Waals surface area contributed by atoms with E-state index in [1.807, 2.05) is 6.92 Å². The lowest BCUT2D eigenvalue weighted by Gasteiger charge is -2.27. The summed E-state index contributed by atoms with van der Waals surface area (Å²) in [6.45, 7) is 6.70. The zero-order valence-electron chi connectivity index (χ0n) is 17.2. The molecule has 1 aromatic heterocycles. The van der Waals surface area contributed by atoms with Crippen molar-refractivity contribution in [3.63, 3.8) is 0 Å². The van der Waals surface area contributed by atoms with Crippen molar-refractivity contribution in [3.05, 3.63) is 34.4 Å². The second kappa shape index (κ2) is 9.48. The molecule has 1 aliphatic rings. The molecular formula is C21H28ClN3O4. The lowest BCUT2D eigenvalue weighted by molar-refractivity contribution is 0.0891. The predicted molar refractivity (Wildman–Crippen MR) is 110 cm³/mol. The molecule has 0 bridgehead atoms. The third-order valence-electron chi connectivity index (χ3n) is 5.08. The van der Waals surface area contributed by atoms with Crippen LogP contribution in [0.1, 0.15) is 74.4 Å². The van der Waals surface area contributed by atoms with E-state index in [-0.39, 0.29) is 5.91 Å². The molecule has 7 nitrogen and oxygen atoms in total. The molecule has 0 radical (unpaired) electrons. The SMILES string of the molecule is CCCCOc1c(Cl)cc(C(=O)NC2(c3noc(C)n3)CCCC2)cc1OCC. The molecule has 1 heterocycles. The maximum absolute atomic E-state index is 13.1. The van der Waals surface area contributed by atoms with Crippen LogP contribution in [0.5, 0.6) is 11.5 Å². The number of benzene rings is 1. The van der Waals surface area contributed by atoms with Crippen LogP contribution in [0.2, 0.25) is 5.02 Å². The summed E-state index contributed by atoms with van der Waals surface area (Å²) in [6, 6.07) is 3.29. The number of hydrogen-bond acceptors (Lipinski definition) is 6. The minimum Gasteiger partial charge on any atom is -0.490 e. The topological polar surface area (TPSA) is 86.5 Å². The van der Waals surface area contributed by atoms with E-state index >= 15 is 0 Å². The number of rotatable bonds is 9. The number of carbonyl (C=O) groups excluding carboxylic acids is 1. The third-order valence-corrected chi connectivity index (χ3v) is 5.36. The van der Waals surface area contributed by atoms with E-state index in [1.54, 1.807) is 19.1 Å². The molecule has 2 aromatic rings. The normalized spacial score (nSPS) is 15.3. The summed E-state index contributed by atoms with van der Waals surface area (Å²) >= 11 is 6.44. The van der Waals surface area contributed by atoms with Crippen LogP contribution in [0.4, 0.5) is 0 Å². The van der Waals surface area contributed by atoms with E-state index in [2.05, 4.69) is 22.4 Å². The first-order chi connectivity index (χ1) is 14.0. The number of amides is 1. The highest BCUT2D eigenvalue weighted by molar-refractivity contribution is 6.32. The van der Waals surface area contributed by atoms with Gasteiger partial charge in [-0.3, -0.25) is 4.79 Å². The molecule has 1 saturated carbocycles. The second-order valence-electron chi connectivity index (χ2n) is 7.30. The quantitative estimate of drug-likeness (QED) is 0.585. The van der Waals surface area contributed by atoms with E-state index in [0.717, 1.165) is 38.5 Å². The summed E-state index contributed by atoms with van der Waals surface area (Å²) in [6.07, 6.45) is 5.44. The smallest absolute Gasteiger partial charge is 0.252 e. The van der Waals surface area contributed by atoms with Gasteiger partial charge < -0.3 is 19.3 Å². The summed E-state index contributed by atoms with van der Waals surface area (Å²) in [5, 5.41) is 7.55. The monoisotopic (exact) mass is 421 g/mol. The van der Waals surface area contributed by atoms with Gasteiger partial charge in [0.2, 0.25) is 5.89 Å². The number of hydrogen-bond donors (Lipinski definition) is 1. The summed E-state index contributed by atoms with van der Waals surface area (Å²) in [7, 11) is 0. The number of nitrogens with zero attached hydrogens (tertiary/aromatic N) is 2. The van der Waals surface area contributed by atoms with Crippen molar-refractivity contribution >= 4 is 17.5 Å². The van der Waals surface area contributed by atoms with E-state index in [9.17, 15) is 4.79 Å². The molecule has 1 aromatic carbocycles. The Morgan fingerprint density at radius 1 is 1.28 bits per heavy atom. The first-order valence-corrected chi connectivity index (χ1v) is 10.6. The Morgan fingerprint density at radius 3 is 2.66 bits per heavy atom. The molecule has 1 fully saturated rings. The highest BCUT2D eigenvalue weighted by Gasteiger charge is 2.41. The Labute approximate surface area is 176 Å². The Morgan fingerprint density at radius 2 is 2.03 bits per heavy atom. The second-order valence-corrected chi connectivity index (χ2v) is 7.71. The van der Waals surface area contributed by atoms with Crippen LogP contribution in [0.3, 0.4) is 0 Å². The summed E-state index contributed by atoms with van der Waals surface area (Å²) in [5.41, 5.74) is -0.212. The highest BCUT2D eigenvalue weighted by atomic mass is 35.5. The van der Waals surface area contributed by atoms with Crippen molar-refractivity contribution in [2.24, 2.45) is 0 Å². The molecule has 1 N–H and O–H groups in total. The average molecular weight is 422 g/mol. The van der Waals surface area contributed by atoms with Gasteiger partial charge in [-0.1, -0.05) is 42.9 Å². The van der Waals surface area contributed by atoms with Gasteiger partial charge in [-0.05, 0) is 38.3 Å². The van der Waals surface area contributed by atoms with Gasteiger partial charge in [0.1, 0.15) is 5.54 Å². The fourth-order valence-corrected chi connectivity index (χ4v) is 3.85. The van der Waals surface area contributed by atoms with Crippen LogP contribution >= 0.6 is 11.6 Å². The summed E-state index contributed by atoms with van der Waals surface area (Å²) < 4.78 is 16.6. The molecule has 3 rings (SSSR count). The molecule has 0 saturated heterocycles. The van der Waals surface area contributed by atoms with Crippen LogP contribution in [0.25, 0.3) is 0 Å². The van der Waals surface area contributed by atoms with E-state index in [4.69, 9.17) is 25.6 Å². The van der Waals surface area contributed by atoms with Gasteiger partial charge in [0.25, 0.3) is 5.91 Å². The highest BCUT2D eigenvalue weighted by Crippen LogP contribution is 2.39. The minimum absolute atomic E-state index is 0.252. The van der Waals surface area contributed by atoms with Gasteiger partial charge in [-0.2, -0.15) is 4.98 Å². The number of aromatic nitrogens is 2. The molecule has 1 aliphatic carbocycles. The number of nitrogens with one attached hydrogen (secondary N) is 1. The van der Waals surface area contributed by atoms with Crippen molar-refractivity contribution in [1.29, 1.82) is 0 Å². The van der Waals surface area contributed by atoms with Crippen LogP contribution in [-0.4, -0.2) is 29.3 Å². The lowest BCUT2D eigenvalue weighted by Crippen LogP contribution is -2.44. The largest absolute Gasteiger partial charge is 0.490 e. The molecule has 158 valence electrons. The molecule has 0 spiro atoms. The zero-order chi connectivity index (χ0) is 20.9. The van der Waals surface area contributed by atoms with Crippen LogP contribution in [-0.2, 0) is 5.54 Å². The summed E-state index contributed by atoms with van der Waals surface area (Å²) in [5.74, 6) is 1.70. The first-order valence-electron chi connectivity index (χ1n) is 10.2. The number of unbranched alkanes of at least 4 members (excludes halogenated alkanes) is 1. The fourth-order valence-electron chi connectivity index (χ4n) is 3.59. The van der Waals surface area contributed by atoms with E-state index in [1.165, 1.54) is 0 Å². The Kier molecular flexibility index (Phi) is 7.00. The standard InChI is InChI=1S/C21H28ClN3O4/c1-4-6-11-28-18-16(22)12-15(13-17(18)27-5-2)19(26)24-21(9-7-8-10-21)20-23-14(3)29-25-20/h12-13H,4-11H2,1-3H3,(H,24,26). The van der Waals surface area contributed by atoms with Gasteiger partial charge in [0.05, 0.1) is 18.2 Å². The zero-order valence-corrected chi connectivity index (χ0v) is 18.0. The number of carbonyl (C=O) groups is 1.